The van der Waals surface area contributed by atoms with Crippen molar-refractivity contribution in [2.24, 2.45) is 11.8 Å². The molecule has 0 spiro atoms. The molecule has 0 aliphatic heterocycles. The van der Waals surface area contributed by atoms with Gasteiger partial charge in [-0.15, -0.1) is 0 Å². The Bertz CT molecular complexity index is 201. The highest BCUT2D eigenvalue weighted by Crippen LogP contribution is 2.37. The van der Waals surface area contributed by atoms with Crippen molar-refractivity contribution < 1.29 is 5.11 Å². The molecule has 2 atom stereocenters. The fourth-order valence-electron chi connectivity index (χ4n) is 2.88. The van der Waals surface area contributed by atoms with Crippen LogP contribution in [0.5, 0.6) is 0 Å². The molecule has 2 rings (SSSR count). The van der Waals surface area contributed by atoms with Crippen LogP contribution in [0.2, 0.25) is 0 Å². The summed E-state index contributed by atoms with van der Waals surface area (Å²) in [4.78, 5) is 0. The monoisotopic (exact) mass is 180 g/mol. The number of hydrogen-bond acceptors (Lipinski definition) is 1. The summed E-state index contributed by atoms with van der Waals surface area (Å²) < 4.78 is 0. The van der Waals surface area contributed by atoms with Gasteiger partial charge in [0, 0.05) is 0 Å². The number of allylic oxidation sites excluding steroid dienone is 1. The zero-order valence-electron chi connectivity index (χ0n) is 8.50. The lowest BCUT2D eigenvalue weighted by molar-refractivity contribution is 0.177. The van der Waals surface area contributed by atoms with Gasteiger partial charge in [-0.2, -0.15) is 0 Å². The molecule has 0 heterocycles. The highest BCUT2D eigenvalue weighted by molar-refractivity contribution is 5.14. The van der Waals surface area contributed by atoms with E-state index in [9.17, 15) is 5.11 Å². The van der Waals surface area contributed by atoms with Crippen molar-refractivity contribution in [1.29, 1.82) is 0 Å². The molecule has 0 saturated heterocycles. The van der Waals surface area contributed by atoms with Gasteiger partial charge in [0.25, 0.3) is 0 Å². The van der Waals surface area contributed by atoms with E-state index >= 15 is 0 Å². The Hall–Kier alpha value is -0.300. The van der Waals surface area contributed by atoms with Crippen LogP contribution < -0.4 is 0 Å². The molecule has 0 amide bonds. The molecule has 2 unspecified atom stereocenters. The topological polar surface area (TPSA) is 20.2 Å². The second-order valence-electron chi connectivity index (χ2n) is 4.84. The third-order valence-electron chi connectivity index (χ3n) is 3.51. The van der Waals surface area contributed by atoms with Crippen molar-refractivity contribution in [3.8, 4) is 0 Å². The van der Waals surface area contributed by atoms with E-state index in [0.29, 0.717) is 5.92 Å². The fraction of sp³-hybridized carbons (Fsp3) is 0.833. The van der Waals surface area contributed by atoms with Gasteiger partial charge in [-0.05, 0) is 37.5 Å². The Labute approximate surface area is 80.8 Å². The molecular weight excluding hydrogens is 160 g/mol. The summed E-state index contributed by atoms with van der Waals surface area (Å²) in [5.41, 5.74) is 1.56. The van der Waals surface area contributed by atoms with Crippen LogP contribution in [0.1, 0.15) is 45.4 Å². The first-order valence-corrected chi connectivity index (χ1v) is 5.64. The molecule has 1 saturated carbocycles. The Morgan fingerprint density at radius 1 is 1.31 bits per heavy atom. The van der Waals surface area contributed by atoms with Crippen LogP contribution in [0.3, 0.4) is 0 Å². The van der Waals surface area contributed by atoms with E-state index < -0.39 is 0 Å². The van der Waals surface area contributed by atoms with Crippen molar-refractivity contribution in [2.45, 2.75) is 51.6 Å². The van der Waals surface area contributed by atoms with E-state index in [1.54, 1.807) is 5.57 Å². The normalized spacial score (nSPS) is 36.3. The predicted molar refractivity (Wildman–Crippen MR) is 54.4 cm³/mol. The van der Waals surface area contributed by atoms with Gasteiger partial charge >= 0.3 is 0 Å². The van der Waals surface area contributed by atoms with E-state index in [4.69, 9.17) is 0 Å². The van der Waals surface area contributed by atoms with Gasteiger partial charge in [0.2, 0.25) is 0 Å². The smallest absolute Gasteiger partial charge is 0.0726 e. The van der Waals surface area contributed by atoms with Crippen LogP contribution in [0.4, 0.5) is 0 Å². The minimum atomic E-state index is -0.153. The average Bonchev–Trinajstić information content (AvgIpc) is 2.53. The molecule has 0 radical (unpaired) electrons. The van der Waals surface area contributed by atoms with Gasteiger partial charge in [0.1, 0.15) is 0 Å². The zero-order chi connectivity index (χ0) is 9.26. The van der Waals surface area contributed by atoms with E-state index in [0.717, 1.165) is 12.3 Å². The van der Waals surface area contributed by atoms with E-state index in [1.807, 2.05) is 0 Å². The largest absolute Gasteiger partial charge is 0.389 e. The molecule has 0 aromatic rings. The van der Waals surface area contributed by atoms with Crippen LogP contribution in [0.15, 0.2) is 11.6 Å². The number of aliphatic hydroxyl groups excluding tert-OH is 1. The number of hydrogen-bond donors (Lipinski definition) is 1. The van der Waals surface area contributed by atoms with Gasteiger partial charge in [0.15, 0.2) is 0 Å². The summed E-state index contributed by atoms with van der Waals surface area (Å²) in [5.74, 6) is 1.51. The first-order valence-electron chi connectivity index (χ1n) is 5.64. The third kappa shape index (κ3) is 2.14. The van der Waals surface area contributed by atoms with Crippen LogP contribution in [0, 0.1) is 11.8 Å². The molecule has 1 N–H and O–H groups in total. The Balaban J connectivity index is 2.04. The SMILES string of the molecule is CC1CC(C2CCCC2)=CC(O)C1. The minimum absolute atomic E-state index is 0.153. The molecule has 0 bridgehead atoms. The van der Waals surface area contributed by atoms with Crippen molar-refractivity contribution in [3.63, 3.8) is 0 Å². The molecule has 2 aliphatic carbocycles. The van der Waals surface area contributed by atoms with Crippen molar-refractivity contribution in [3.05, 3.63) is 11.6 Å². The number of rotatable bonds is 1. The molecule has 1 heteroatoms. The molecule has 1 fully saturated rings. The van der Waals surface area contributed by atoms with Crippen LogP contribution in [-0.4, -0.2) is 11.2 Å². The second-order valence-corrected chi connectivity index (χ2v) is 4.84. The predicted octanol–water partition coefficient (Wildman–Crippen LogP) is 2.89. The van der Waals surface area contributed by atoms with E-state index in [1.165, 1.54) is 32.1 Å². The van der Waals surface area contributed by atoms with E-state index in [2.05, 4.69) is 13.0 Å². The lowest BCUT2D eigenvalue weighted by atomic mass is 9.82. The Morgan fingerprint density at radius 2 is 2.00 bits per heavy atom. The maximum Gasteiger partial charge on any atom is 0.0726 e. The summed E-state index contributed by atoms with van der Waals surface area (Å²) in [6, 6.07) is 0. The molecule has 74 valence electrons. The van der Waals surface area contributed by atoms with Gasteiger partial charge in [0.05, 0.1) is 6.10 Å². The summed E-state index contributed by atoms with van der Waals surface area (Å²) in [7, 11) is 0. The van der Waals surface area contributed by atoms with Gasteiger partial charge in [-0.1, -0.05) is 31.4 Å². The molecule has 1 nitrogen and oxygen atoms in total. The number of aliphatic hydroxyl groups is 1. The van der Waals surface area contributed by atoms with Gasteiger partial charge in [-0.3, -0.25) is 0 Å². The van der Waals surface area contributed by atoms with Crippen LogP contribution >= 0.6 is 0 Å². The minimum Gasteiger partial charge on any atom is -0.389 e. The fourth-order valence-corrected chi connectivity index (χ4v) is 2.88. The molecule has 0 aromatic carbocycles. The van der Waals surface area contributed by atoms with Crippen molar-refractivity contribution in [2.75, 3.05) is 0 Å². The maximum atomic E-state index is 9.63. The Morgan fingerprint density at radius 3 is 2.62 bits per heavy atom. The third-order valence-corrected chi connectivity index (χ3v) is 3.51. The quantitative estimate of drug-likeness (QED) is 0.615. The second kappa shape index (κ2) is 3.83. The summed E-state index contributed by atoms with van der Waals surface area (Å²) in [6.07, 6.45) is 9.71. The highest BCUT2D eigenvalue weighted by atomic mass is 16.3. The Kier molecular flexibility index (Phi) is 2.73. The van der Waals surface area contributed by atoms with Gasteiger partial charge in [-0.25, -0.2) is 0 Å². The average molecular weight is 180 g/mol. The van der Waals surface area contributed by atoms with E-state index in [-0.39, 0.29) is 6.10 Å². The summed E-state index contributed by atoms with van der Waals surface area (Å²) in [6.45, 7) is 2.26. The standard InChI is InChI=1S/C12H20O/c1-9-6-11(8-12(13)7-9)10-4-2-3-5-10/h8-10,12-13H,2-7H2,1H3. The highest BCUT2D eigenvalue weighted by Gasteiger charge is 2.25. The zero-order valence-corrected chi connectivity index (χ0v) is 8.50. The van der Waals surface area contributed by atoms with Crippen LogP contribution in [0.25, 0.3) is 0 Å². The summed E-state index contributed by atoms with van der Waals surface area (Å²) >= 11 is 0. The molecule has 2 aliphatic rings. The molecular formula is C12H20O. The lowest BCUT2D eigenvalue weighted by Crippen LogP contribution is -2.18. The molecule has 0 aromatic heterocycles. The van der Waals surface area contributed by atoms with Crippen molar-refractivity contribution in [1.82, 2.24) is 0 Å². The van der Waals surface area contributed by atoms with Gasteiger partial charge < -0.3 is 5.11 Å². The summed E-state index contributed by atoms with van der Waals surface area (Å²) in [5, 5.41) is 9.63. The van der Waals surface area contributed by atoms with Crippen LogP contribution in [-0.2, 0) is 0 Å². The van der Waals surface area contributed by atoms with Crippen molar-refractivity contribution >= 4 is 0 Å². The first kappa shape index (κ1) is 9.26. The maximum absolute atomic E-state index is 9.63. The first-order chi connectivity index (χ1) is 6.25. The molecule has 13 heavy (non-hydrogen) atoms. The lowest BCUT2D eigenvalue weighted by Gasteiger charge is -2.26.